The summed E-state index contributed by atoms with van der Waals surface area (Å²) in [5, 5.41) is 13.8. The number of hydrogen-bond acceptors (Lipinski definition) is 4. The number of amides is 1. The lowest BCUT2D eigenvalue weighted by Gasteiger charge is -2.20. The average molecular weight is 327 g/mol. The Morgan fingerprint density at radius 1 is 1.21 bits per heavy atom. The summed E-state index contributed by atoms with van der Waals surface area (Å²) in [5.41, 5.74) is 8.38. The fourth-order valence-electron chi connectivity index (χ4n) is 2.53. The molecule has 0 aliphatic carbocycles. The van der Waals surface area contributed by atoms with Crippen LogP contribution in [0, 0.1) is 23.0 Å². The number of nitro benzene ring substituents is 1. The molecule has 0 aliphatic heterocycles. The summed E-state index contributed by atoms with van der Waals surface area (Å²) in [4.78, 5) is 22.9. The SMILES string of the molecule is Cc1c(CNC(=O)C(C)C(N)c2ccccc2)cccc1[N+](=O)[O-]. The Hall–Kier alpha value is -2.73. The molecule has 0 spiro atoms. The van der Waals surface area contributed by atoms with Crippen LogP contribution in [0.5, 0.6) is 0 Å². The largest absolute Gasteiger partial charge is 0.352 e. The Morgan fingerprint density at radius 3 is 2.50 bits per heavy atom. The number of carbonyl (C=O) groups is 1. The van der Waals surface area contributed by atoms with Gasteiger partial charge in [0.2, 0.25) is 5.91 Å². The highest BCUT2D eigenvalue weighted by Crippen LogP contribution is 2.22. The zero-order chi connectivity index (χ0) is 17.7. The van der Waals surface area contributed by atoms with Gasteiger partial charge in [-0.1, -0.05) is 49.4 Å². The van der Waals surface area contributed by atoms with Gasteiger partial charge in [0.25, 0.3) is 5.69 Å². The normalized spacial score (nSPS) is 13.1. The molecule has 126 valence electrons. The molecular weight excluding hydrogens is 306 g/mol. The summed E-state index contributed by atoms with van der Waals surface area (Å²) in [6.45, 7) is 3.68. The van der Waals surface area contributed by atoms with Gasteiger partial charge in [0, 0.05) is 24.2 Å². The van der Waals surface area contributed by atoms with Gasteiger partial charge in [-0.2, -0.15) is 0 Å². The fourth-order valence-corrected chi connectivity index (χ4v) is 2.53. The van der Waals surface area contributed by atoms with Crippen LogP contribution in [0.3, 0.4) is 0 Å². The van der Waals surface area contributed by atoms with E-state index in [-0.39, 0.29) is 18.1 Å². The lowest BCUT2D eigenvalue weighted by Crippen LogP contribution is -2.35. The quantitative estimate of drug-likeness (QED) is 0.629. The van der Waals surface area contributed by atoms with Gasteiger partial charge in [-0.15, -0.1) is 0 Å². The second-order valence-electron chi connectivity index (χ2n) is 5.76. The predicted molar refractivity (Wildman–Crippen MR) is 92.2 cm³/mol. The molecular formula is C18H21N3O3. The molecule has 0 bridgehead atoms. The third-order valence-electron chi connectivity index (χ3n) is 4.20. The van der Waals surface area contributed by atoms with E-state index in [1.807, 2.05) is 30.3 Å². The lowest BCUT2D eigenvalue weighted by molar-refractivity contribution is -0.385. The highest BCUT2D eigenvalue weighted by atomic mass is 16.6. The van der Waals surface area contributed by atoms with Crippen molar-refractivity contribution in [2.24, 2.45) is 11.7 Å². The van der Waals surface area contributed by atoms with Crippen molar-refractivity contribution in [1.82, 2.24) is 5.32 Å². The molecule has 0 radical (unpaired) electrons. The summed E-state index contributed by atoms with van der Waals surface area (Å²) >= 11 is 0. The van der Waals surface area contributed by atoms with E-state index >= 15 is 0 Å². The number of hydrogen-bond donors (Lipinski definition) is 2. The Morgan fingerprint density at radius 2 is 1.88 bits per heavy atom. The van der Waals surface area contributed by atoms with Crippen molar-refractivity contribution < 1.29 is 9.72 Å². The van der Waals surface area contributed by atoms with Crippen molar-refractivity contribution >= 4 is 11.6 Å². The number of nitrogens with zero attached hydrogens (tertiary/aromatic N) is 1. The first-order chi connectivity index (χ1) is 11.4. The number of nitrogens with two attached hydrogens (primary N) is 1. The van der Waals surface area contributed by atoms with Crippen LogP contribution in [0.15, 0.2) is 48.5 Å². The van der Waals surface area contributed by atoms with Crippen LogP contribution in [0.1, 0.15) is 29.7 Å². The molecule has 2 aromatic carbocycles. The average Bonchev–Trinajstić information content (AvgIpc) is 2.59. The number of benzene rings is 2. The van der Waals surface area contributed by atoms with Crippen molar-refractivity contribution in [1.29, 1.82) is 0 Å². The Kier molecular flexibility index (Phi) is 5.65. The molecule has 24 heavy (non-hydrogen) atoms. The summed E-state index contributed by atoms with van der Waals surface area (Å²) in [5.74, 6) is -0.594. The highest BCUT2D eigenvalue weighted by Gasteiger charge is 2.22. The number of nitro groups is 1. The molecule has 2 unspecified atom stereocenters. The first-order valence-electron chi connectivity index (χ1n) is 7.73. The maximum atomic E-state index is 12.3. The first-order valence-corrected chi connectivity index (χ1v) is 7.73. The summed E-state index contributed by atoms with van der Waals surface area (Å²) < 4.78 is 0. The zero-order valence-corrected chi connectivity index (χ0v) is 13.7. The van der Waals surface area contributed by atoms with E-state index in [0.29, 0.717) is 5.56 Å². The van der Waals surface area contributed by atoms with Gasteiger partial charge in [-0.05, 0) is 18.1 Å². The van der Waals surface area contributed by atoms with Gasteiger partial charge in [0.1, 0.15) is 0 Å². The molecule has 0 aliphatic rings. The molecule has 2 atom stereocenters. The fraction of sp³-hybridized carbons (Fsp3) is 0.278. The number of carbonyl (C=O) groups excluding carboxylic acids is 1. The third-order valence-corrected chi connectivity index (χ3v) is 4.20. The Bertz CT molecular complexity index is 732. The van der Waals surface area contributed by atoms with Gasteiger partial charge in [-0.25, -0.2) is 0 Å². The summed E-state index contributed by atoms with van der Waals surface area (Å²) in [6.07, 6.45) is 0. The molecule has 0 aromatic heterocycles. The van der Waals surface area contributed by atoms with Crippen LogP contribution in [0.2, 0.25) is 0 Å². The summed E-state index contributed by atoms with van der Waals surface area (Å²) in [6, 6.07) is 13.9. The van der Waals surface area contributed by atoms with Gasteiger partial charge in [0.15, 0.2) is 0 Å². The molecule has 6 heteroatoms. The smallest absolute Gasteiger partial charge is 0.272 e. The molecule has 2 rings (SSSR count). The van der Waals surface area contributed by atoms with E-state index in [1.165, 1.54) is 6.07 Å². The van der Waals surface area contributed by atoms with Crippen LogP contribution in [-0.2, 0) is 11.3 Å². The van der Waals surface area contributed by atoms with Gasteiger partial charge < -0.3 is 11.1 Å². The molecule has 0 saturated carbocycles. The third kappa shape index (κ3) is 3.97. The zero-order valence-electron chi connectivity index (χ0n) is 13.7. The molecule has 3 N–H and O–H groups in total. The Balaban J connectivity index is 2.03. The molecule has 0 saturated heterocycles. The van der Waals surface area contributed by atoms with Crippen LogP contribution in [-0.4, -0.2) is 10.8 Å². The van der Waals surface area contributed by atoms with E-state index in [4.69, 9.17) is 5.73 Å². The minimum Gasteiger partial charge on any atom is -0.352 e. The lowest BCUT2D eigenvalue weighted by atomic mass is 9.94. The standard InChI is InChI=1S/C18H21N3O3/c1-12-15(9-6-10-16(12)21(23)24)11-20-18(22)13(2)17(19)14-7-4-3-5-8-14/h3-10,13,17H,11,19H2,1-2H3,(H,20,22). The van der Waals surface area contributed by atoms with Gasteiger partial charge in [-0.3, -0.25) is 14.9 Å². The minimum atomic E-state index is -0.422. The van der Waals surface area contributed by atoms with E-state index < -0.39 is 16.9 Å². The first kappa shape index (κ1) is 17.6. The maximum Gasteiger partial charge on any atom is 0.272 e. The van der Waals surface area contributed by atoms with Crippen LogP contribution in [0.4, 0.5) is 5.69 Å². The van der Waals surface area contributed by atoms with Crippen molar-refractivity contribution in [3.8, 4) is 0 Å². The Labute approximate surface area is 140 Å². The van der Waals surface area contributed by atoms with E-state index in [9.17, 15) is 14.9 Å². The van der Waals surface area contributed by atoms with Crippen LogP contribution in [0.25, 0.3) is 0 Å². The maximum absolute atomic E-state index is 12.3. The molecule has 0 heterocycles. The van der Waals surface area contributed by atoms with Crippen molar-refractivity contribution in [2.75, 3.05) is 0 Å². The van der Waals surface area contributed by atoms with Crippen molar-refractivity contribution in [3.63, 3.8) is 0 Å². The van der Waals surface area contributed by atoms with Crippen molar-refractivity contribution in [3.05, 3.63) is 75.3 Å². The van der Waals surface area contributed by atoms with Crippen LogP contribution < -0.4 is 11.1 Å². The molecule has 1 amide bonds. The molecule has 2 aromatic rings. The summed E-state index contributed by atoms with van der Waals surface area (Å²) in [7, 11) is 0. The topological polar surface area (TPSA) is 98.3 Å². The highest BCUT2D eigenvalue weighted by molar-refractivity contribution is 5.79. The molecule has 0 fully saturated rings. The second-order valence-corrected chi connectivity index (χ2v) is 5.76. The monoisotopic (exact) mass is 327 g/mol. The second kappa shape index (κ2) is 7.70. The van der Waals surface area contributed by atoms with Crippen LogP contribution >= 0.6 is 0 Å². The predicted octanol–water partition coefficient (Wildman–Crippen LogP) is 2.86. The van der Waals surface area contributed by atoms with Gasteiger partial charge in [0.05, 0.1) is 10.8 Å². The van der Waals surface area contributed by atoms with Gasteiger partial charge >= 0.3 is 0 Å². The van der Waals surface area contributed by atoms with Crippen molar-refractivity contribution in [2.45, 2.75) is 26.4 Å². The minimum absolute atomic E-state index is 0.0517. The number of rotatable bonds is 6. The number of nitrogens with one attached hydrogen (secondary N) is 1. The van der Waals surface area contributed by atoms with E-state index in [0.717, 1.165) is 11.1 Å². The van der Waals surface area contributed by atoms with E-state index in [2.05, 4.69) is 5.32 Å². The van der Waals surface area contributed by atoms with E-state index in [1.54, 1.807) is 26.0 Å². The molecule has 6 nitrogen and oxygen atoms in total.